The van der Waals surface area contributed by atoms with Gasteiger partial charge < -0.3 is 10.2 Å². The van der Waals surface area contributed by atoms with Crippen LogP contribution in [0.3, 0.4) is 0 Å². The molecule has 3 rings (SSSR count). The van der Waals surface area contributed by atoms with E-state index in [2.05, 4.69) is 10.2 Å². The second kappa shape index (κ2) is 4.60. The highest BCUT2D eigenvalue weighted by atomic mass is 16.2. The van der Waals surface area contributed by atoms with Crippen LogP contribution < -0.4 is 5.32 Å². The van der Waals surface area contributed by atoms with Gasteiger partial charge in [-0.2, -0.15) is 0 Å². The van der Waals surface area contributed by atoms with Crippen molar-refractivity contribution in [2.45, 2.75) is 44.6 Å². The molecule has 2 saturated carbocycles. The van der Waals surface area contributed by atoms with Gasteiger partial charge in [0.1, 0.15) is 0 Å². The first-order chi connectivity index (χ1) is 8.29. The molecule has 1 saturated heterocycles. The molecule has 2 aliphatic carbocycles. The van der Waals surface area contributed by atoms with Crippen molar-refractivity contribution in [3.8, 4) is 0 Å². The van der Waals surface area contributed by atoms with Crippen LogP contribution in [0, 0.1) is 17.8 Å². The summed E-state index contributed by atoms with van der Waals surface area (Å²) in [4.78, 5) is 14.5. The van der Waals surface area contributed by atoms with E-state index in [0.717, 1.165) is 31.3 Å². The quantitative estimate of drug-likeness (QED) is 0.790. The molecule has 1 heterocycles. The fraction of sp³-hybridized carbons (Fsp3) is 0.929. The maximum Gasteiger partial charge on any atom is 0.226 e. The number of amides is 1. The summed E-state index contributed by atoms with van der Waals surface area (Å²) in [5, 5.41) is 3.42. The molecule has 3 nitrogen and oxygen atoms in total. The van der Waals surface area contributed by atoms with Crippen molar-refractivity contribution in [1.29, 1.82) is 0 Å². The lowest BCUT2D eigenvalue weighted by atomic mass is 10.1. The highest BCUT2D eigenvalue weighted by molar-refractivity contribution is 5.82. The predicted octanol–water partition coefficient (Wildman–Crippen LogP) is 1.63. The van der Waals surface area contributed by atoms with Crippen molar-refractivity contribution in [2.75, 3.05) is 20.1 Å². The van der Waals surface area contributed by atoms with Gasteiger partial charge in [0, 0.05) is 19.0 Å². The Kier molecular flexibility index (Phi) is 3.12. The summed E-state index contributed by atoms with van der Waals surface area (Å²) in [7, 11) is 2.03. The van der Waals surface area contributed by atoms with E-state index in [1.54, 1.807) is 0 Å². The molecule has 0 radical (unpaired) electrons. The van der Waals surface area contributed by atoms with Gasteiger partial charge in [-0.25, -0.2) is 0 Å². The Bertz CT molecular complexity index is 287. The molecule has 3 fully saturated rings. The van der Waals surface area contributed by atoms with Gasteiger partial charge >= 0.3 is 0 Å². The van der Waals surface area contributed by atoms with Gasteiger partial charge in [0.05, 0.1) is 0 Å². The first-order valence-corrected chi connectivity index (χ1v) is 7.26. The highest BCUT2D eigenvalue weighted by Crippen LogP contribution is 2.58. The molecule has 0 aromatic heterocycles. The van der Waals surface area contributed by atoms with Gasteiger partial charge in [-0.1, -0.05) is 6.42 Å². The Balaban J connectivity index is 1.57. The summed E-state index contributed by atoms with van der Waals surface area (Å²) in [5.41, 5.74) is 0. The van der Waals surface area contributed by atoms with Crippen molar-refractivity contribution >= 4 is 5.91 Å². The number of fused-ring (bicyclic) bond motifs is 1. The number of nitrogens with one attached hydrogen (secondary N) is 1. The SMILES string of the molecule is CN(C(=O)C1C2CCCC21)C1CCCNCC1. The van der Waals surface area contributed by atoms with Crippen LogP contribution >= 0.6 is 0 Å². The number of hydrogen-bond acceptors (Lipinski definition) is 2. The van der Waals surface area contributed by atoms with Gasteiger partial charge in [0.15, 0.2) is 0 Å². The van der Waals surface area contributed by atoms with Gasteiger partial charge in [-0.3, -0.25) is 4.79 Å². The minimum absolute atomic E-state index is 0.407. The summed E-state index contributed by atoms with van der Waals surface area (Å²) in [6, 6.07) is 0.485. The monoisotopic (exact) mass is 236 g/mol. The smallest absolute Gasteiger partial charge is 0.226 e. The topological polar surface area (TPSA) is 32.3 Å². The molecule has 96 valence electrons. The zero-order valence-corrected chi connectivity index (χ0v) is 10.8. The normalized spacial score (nSPS) is 40.5. The lowest BCUT2D eigenvalue weighted by Crippen LogP contribution is -2.39. The molecule has 0 aromatic rings. The summed E-state index contributed by atoms with van der Waals surface area (Å²) >= 11 is 0. The van der Waals surface area contributed by atoms with Gasteiger partial charge in [-0.15, -0.1) is 0 Å². The molecular formula is C14H24N2O. The highest BCUT2D eigenvalue weighted by Gasteiger charge is 2.57. The Hall–Kier alpha value is -0.570. The Morgan fingerprint density at radius 3 is 2.59 bits per heavy atom. The van der Waals surface area contributed by atoms with Crippen LogP contribution in [-0.4, -0.2) is 37.0 Å². The molecule has 1 amide bonds. The average molecular weight is 236 g/mol. The van der Waals surface area contributed by atoms with E-state index in [-0.39, 0.29) is 0 Å². The van der Waals surface area contributed by atoms with Crippen molar-refractivity contribution in [2.24, 2.45) is 17.8 Å². The Morgan fingerprint density at radius 1 is 1.06 bits per heavy atom. The van der Waals surface area contributed by atoms with Crippen LogP contribution in [0.15, 0.2) is 0 Å². The molecule has 3 atom stereocenters. The van der Waals surface area contributed by atoms with E-state index < -0.39 is 0 Å². The molecule has 3 heteroatoms. The van der Waals surface area contributed by atoms with Gasteiger partial charge in [-0.05, 0) is 57.0 Å². The molecule has 1 aliphatic heterocycles. The Labute approximate surface area is 104 Å². The lowest BCUT2D eigenvalue weighted by molar-refractivity contribution is -0.134. The third kappa shape index (κ3) is 2.10. The maximum atomic E-state index is 12.4. The van der Waals surface area contributed by atoms with E-state index >= 15 is 0 Å². The van der Waals surface area contributed by atoms with E-state index in [1.807, 2.05) is 7.05 Å². The van der Waals surface area contributed by atoms with Crippen LogP contribution in [0.25, 0.3) is 0 Å². The van der Waals surface area contributed by atoms with Crippen molar-refractivity contribution in [3.63, 3.8) is 0 Å². The standard InChI is InChI=1S/C14H24N2O/c1-16(10-4-3-8-15-9-7-10)14(17)13-11-5-2-6-12(11)13/h10-13,15H,2-9H2,1H3. The average Bonchev–Trinajstić information content (AvgIpc) is 2.96. The maximum absolute atomic E-state index is 12.4. The largest absolute Gasteiger partial charge is 0.342 e. The van der Waals surface area contributed by atoms with Gasteiger partial charge in [0.2, 0.25) is 5.91 Å². The third-order valence-electron chi connectivity index (χ3n) is 5.13. The van der Waals surface area contributed by atoms with E-state index in [1.165, 1.54) is 32.1 Å². The first-order valence-electron chi connectivity index (χ1n) is 7.26. The van der Waals surface area contributed by atoms with Gasteiger partial charge in [0.25, 0.3) is 0 Å². The molecule has 3 aliphatic rings. The van der Waals surface area contributed by atoms with Crippen LogP contribution in [-0.2, 0) is 4.79 Å². The Morgan fingerprint density at radius 2 is 1.82 bits per heavy atom. The number of carbonyl (C=O) groups is 1. The summed E-state index contributed by atoms with van der Waals surface area (Å²) in [6.07, 6.45) is 7.49. The molecular weight excluding hydrogens is 212 g/mol. The number of hydrogen-bond donors (Lipinski definition) is 1. The van der Waals surface area contributed by atoms with Crippen LogP contribution in [0.1, 0.15) is 38.5 Å². The van der Waals surface area contributed by atoms with Crippen molar-refractivity contribution in [3.05, 3.63) is 0 Å². The van der Waals surface area contributed by atoms with Crippen LogP contribution in [0.2, 0.25) is 0 Å². The van der Waals surface area contributed by atoms with Crippen molar-refractivity contribution in [1.82, 2.24) is 10.2 Å². The number of nitrogens with zero attached hydrogens (tertiary/aromatic N) is 1. The van der Waals surface area contributed by atoms with E-state index in [0.29, 0.717) is 17.9 Å². The molecule has 0 spiro atoms. The minimum atomic E-state index is 0.407. The minimum Gasteiger partial charge on any atom is -0.342 e. The molecule has 3 unspecified atom stereocenters. The zero-order valence-electron chi connectivity index (χ0n) is 10.8. The first kappa shape index (κ1) is 11.5. The van der Waals surface area contributed by atoms with Crippen molar-refractivity contribution < 1.29 is 4.79 Å². The lowest BCUT2D eigenvalue weighted by Gasteiger charge is -2.27. The predicted molar refractivity (Wildman–Crippen MR) is 67.6 cm³/mol. The second-order valence-corrected chi connectivity index (χ2v) is 6.07. The fourth-order valence-electron chi connectivity index (χ4n) is 3.99. The number of rotatable bonds is 2. The van der Waals surface area contributed by atoms with E-state index in [9.17, 15) is 4.79 Å². The van der Waals surface area contributed by atoms with E-state index in [4.69, 9.17) is 0 Å². The summed E-state index contributed by atoms with van der Waals surface area (Å²) in [5.74, 6) is 2.37. The second-order valence-electron chi connectivity index (χ2n) is 6.07. The molecule has 0 aromatic carbocycles. The molecule has 0 bridgehead atoms. The zero-order chi connectivity index (χ0) is 11.8. The van der Waals surface area contributed by atoms with Crippen LogP contribution in [0.4, 0.5) is 0 Å². The third-order valence-corrected chi connectivity index (χ3v) is 5.13. The molecule has 1 N–H and O–H groups in total. The summed E-state index contributed by atoms with van der Waals surface area (Å²) in [6.45, 7) is 2.19. The summed E-state index contributed by atoms with van der Waals surface area (Å²) < 4.78 is 0. The van der Waals surface area contributed by atoms with Crippen LogP contribution in [0.5, 0.6) is 0 Å². The fourth-order valence-corrected chi connectivity index (χ4v) is 3.99. The number of carbonyl (C=O) groups excluding carboxylic acids is 1. The molecule has 17 heavy (non-hydrogen) atoms.